The third-order valence-corrected chi connectivity index (χ3v) is 4.75. The van der Waals surface area contributed by atoms with Crippen molar-refractivity contribution in [2.75, 3.05) is 23.8 Å². The highest BCUT2D eigenvalue weighted by Crippen LogP contribution is 2.41. The number of hydrogen-bond acceptors (Lipinski definition) is 6. The van der Waals surface area contributed by atoms with Crippen LogP contribution in [-0.4, -0.2) is 36.2 Å². The summed E-state index contributed by atoms with van der Waals surface area (Å²) in [7, 11) is 0. The Bertz CT molecular complexity index is 689. The lowest BCUT2D eigenvalue weighted by Crippen LogP contribution is -2.35. The van der Waals surface area contributed by atoms with Gasteiger partial charge in [0.05, 0.1) is 22.8 Å². The van der Waals surface area contributed by atoms with Gasteiger partial charge in [-0.1, -0.05) is 0 Å². The van der Waals surface area contributed by atoms with E-state index in [0.29, 0.717) is 29.6 Å². The Kier molecular flexibility index (Phi) is 3.76. The first-order valence-electron chi connectivity index (χ1n) is 8.23. The zero-order valence-corrected chi connectivity index (χ0v) is 13.1. The molecule has 8 heteroatoms. The molecule has 2 N–H and O–H groups in total. The molecular weight excluding hydrogens is 314 g/mol. The predicted octanol–water partition coefficient (Wildman–Crippen LogP) is 2.30. The summed E-state index contributed by atoms with van der Waals surface area (Å²) in [5, 5.41) is 17.4. The van der Waals surface area contributed by atoms with Crippen molar-refractivity contribution in [1.82, 2.24) is 0 Å². The number of hydrogen-bond donors (Lipinski definition) is 2. The first-order chi connectivity index (χ1) is 11.6. The van der Waals surface area contributed by atoms with Crippen molar-refractivity contribution < 1.29 is 19.2 Å². The topological polar surface area (TPSA) is 103 Å². The number of nitro groups is 1. The third-order valence-electron chi connectivity index (χ3n) is 4.75. The average Bonchev–Trinajstić information content (AvgIpc) is 3.39. The van der Waals surface area contributed by atoms with Gasteiger partial charge in [0.1, 0.15) is 5.69 Å². The van der Waals surface area contributed by atoms with Crippen LogP contribution in [0.5, 0.6) is 5.75 Å². The molecule has 128 valence electrons. The van der Waals surface area contributed by atoms with E-state index in [-0.39, 0.29) is 30.3 Å². The minimum atomic E-state index is -0.430. The zero-order chi connectivity index (χ0) is 16.7. The molecule has 1 saturated carbocycles. The molecule has 0 spiro atoms. The van der Waals surface area contributed by atoms with E-state index < -0.39 is 4.92 Å². The van der Waals surface area contributed by atoms with E-state index >= 15 is 0 Å². The van der Waals surface area contributed by atoms with Gasteiger partial charge in [-0.2, -0.15) is 0 Å². The maximum absolute atomic E-state index is 11.5. The Morgan fingerprint density at radius 2 is 2.12 bits per heavy atom. The van der Waals surface area contributed by atoms with Crippen LogP contribution in [0.25, 0.3) is 0 Å². The molecule has 1 aromatic rings. The maximum atomic E-state index is 11.5. The van der Waals surface area contributed by atoms with Gasteiger partial charge in [-0.15, -0.1) is 0 Å². The molecule has 1 aromatic carbocycles. The van der Waals surface area contributed by atoms with Crippen molar-refractivity contribution in [1.29, 1.82) is 0 Å². The summed E-state index contributed by atoms with van der Waals surface area (Å²) in [5.41, 5.74) is 0.829. The van der Waals surface area contributed by atoms with Crippen LogP contribution in [0.3, 0.4) is 0 Å². The van der Waals surface area contributed by atoms with E-state index in [1.54, 1.807) is 6.07 Å². The van der Waals surface area contributed by atoms with Gasteiger partial charge < -0.3 is 20.1 Å². The summed E-state index contributed by atoms with van der Waals surface area (Å²) < 4.78 is 11.1. The summed E-state index contributed by atoms with van der Waals surface area (Å²) >= 11 is 0. The first-order valence-corrected chi connectivity index (χ1v) is 8.23. The van der Waals surface area contributed by atoms with E-state index in [2.05, 4.69) is 10.6 Å². The highest BCUT2D eigenvalue weighted by Gasteiger charge is 2.36. The Morgan fingerprint density at radius 3 is 2.88 bits per heavy atom. The molecule has 2 atom stereocenters. The number of carbonyl (C=O) groups is 1. The van der Waals surface area contributed by atoms with Crippen LogP contribution in [-0.2, 0) is 9.53 Å². The number of nitrogens with one attached hydrogen (secondary N) is 2. The van der Waals surface area contributed by atoms with Crippen LogP contribution in [0.4, 0.5) is 17.1 Å². The molecule has 0 radical (unpaired) electrons. The van der Waals surface area contributed by atoms with Crippen molar-refractivity contribution in [2.24, 2.45) is 5.92 Å². The smallest absolute Gasteiger partial charge is 0.296 e. The number of rotatable bonds is 4. The standard InChI is InChI=1S/C16H19N3O5/c20-16-8-24-15-7-13(19(21)22)11(6-12(15)18-16)17-10-3-4-23-14(5-10)9-1-2-9/h6-7,9-10,14,17H,1-5,8H2,(H,18,20). The van der Waals surface area contributed by atoms with Gasteiger partial charge >= 0.3 is 0 Å². The SMILES string of the molecule is O=C1COc2cc([N+](=O)[O-])c(NC3CCOC(C4CC4)C3)cc2N1. The van der Waals surface area contributed by atoms with Gasteiger partial charge in [0.2, 0.25) is 0 Å². The molecule has 8 nitrogen and oxygen atoms in total. The van der Waals surface area contributed by atoms with Crippen molar-refractivity contribution in [2.45, 2.75) is 37.8 Å². The van der Waals surface area contributed by atoms with Gasteiger partial charge in [0.15, 0.2) is 12.4 Å². The normalized spacial score (nSPS) is 26.1. The Labute approximate surface area is 138 Å². The molecule has 2 unspecified atom stereocenters. The molecule has 1 aliphatic carbocycles. The summed E-state index contributed by atoms with van der Waals surface area (Å²) in [6, 6.07) is 3.09. The maximum Gasteiger partial charge on any atom is 0.296 e. The van der Waals surface area contributed by atoms with Crippen LogP contribution in [0, 0.1) is 16.0 Å². The quantitative estimate of drug-likeness (QED) is 0.647. The van der Waals surface area contributed by atoms with Gasteiger partial charge in [-0.25, -0.2) is 0 Å². The number of nitro benzene ring substituents is 1. The molecule has 2 fully saturated rings. The van der Waals surface area contributed by atoms with Crippen molar-refractivity contribution in [3.8, 4) is 5.75 Å². The second kappa shape index (κ2) is 5.94. The third kappa shape index (κ3) is 3.01. The number of carbonyl (C=O) groups excluding carboxylic acids is 1. The van der Waals surface area contributed by atoms with Crippen molar-refractivity contribution >= 4 is 23.0 Å². The van der Waals surface area contributed by atoms with E-state index in [0.717, 1.165) is 12.8 Å². The highest BCUT2D eigenvalue weighted by atomic mass is 16.6. The summed E-state index contributed by atoms with van der Waals surface area (Å²) in [4.78, 5) is 22.4. The van der Waals surface area contributed by atoms with Crippen molar-refractivity contribution in [3.05, 3.63) is 22.2 Å². The van der Waals surface area contributed by atoms with Crippen LogP contribution in [0.2, 0.25) is 0 Å². The summed E-state index contributed by atoms with van der Waals surface area (Å²) in [6.45, 7) is 0.539. The van der Waals surface area contributed by atoms with Crippen LogP contribution < -0.4 is 15.4 Å². The molecule has 24 heavy (non-hydrogen) atoms. The lowest BCUT2D eigenvalue weighted by molar-refractivity contribution is -0.384. The zero-order valence-electron chi connectivity index (χ0n) is 13.1. The first kappa shape index (κ1) is 15.2. The summed E-state index contributed by atoms with van der Waals surface area (Å²) in [5.74, 6) is 0.706. The van der Waals surface area contributed by atoms with Gasteiger partial charge in [0.25, 0.3) is 11.6 Å². The number of anilines is 2. The van der Waals surface area contributed by atoms with Gasteiger partial charge in [0, 0.05) is 12.6 Å². The Hall–Kier alpha value is -2.35. The molecule has 2 heterocycles. The number of fused-ring (bicyclic) bond motifs is 1. The van der Waals surface area contributed by atoms with E-state index in [1.807, 2.05) is 0 Å². The number of ether oxygens (including phenoxy) is 2. The van der Waals surface area contributed by atoms with Gasteiger partial charge in [-0.05, 0) is 37.7 Å². The Balaban J connectivity index is 1.57. The fourth-order valence-corrected chi connectivity index (χ4v) is 3.36. The molecule has 4 rings (SSSR count). The molecule has 0 bridgehead atoms. The van der Waals surface area contributed by atoms with E-state index in [1.165, 1.54) is 18.9 Å². The minimum Gasteiger partial charge on any atom is -0.481 e. The Morgan fingerprint density at radius 1 is 1.29 bits per heavy atom. The number of nitrogens with zero attached hydrogens (tertiary/aromatic N) is 1. The number of amides is 1. The molecular formula is C16H19N3O5. The van der Waals surface area contributed by atoms with Crippen molar-refractivity contribution in [3.63, 3.8) is 0 Å². The lowest BCUT2D eigenvalue weighted by Gasteiger charge is -2.31. The van der Waals surface area contributed by atoms with E-state index in [9.17, 15) is 14.9 Å². The fourth-order valence-electron chi connectivity index (χ4n) is 3.36. The van der Waals surface area contributed by atoms with Crippen LogP contribution >= 0.6 is 0 Å². The van der Waals surface area contributed by atoms with Crippen LogP contribution in [0.15, 0.2) is 12.1 Å². The molecule has 0 aromatic heterocycles. The highest BCUT2D eigenvalue weighted by molar-refractivity contribution is 5.96. The van der Waals surface area contributed by atoms with E-state index in [4.69, 9.17) is 9.47 Å². The average molecular weight is 333 g/mol. The number of benzene rings is 1. The van der Waals surface area contributed by atoms with Crippen LogP contribution in [0.1, 0.15) is 25.7 Å². The molecule has 1 amide bonds. The largest absolute Gasteiger partial charge is 0.481 e. The molecule has 1 saturated heterocycles. The second-order valence-corrected chi connectivity index (χ2v) is 6.57. The fraction of sp³-hybridized carbons (Fsp3) is 0.562. The minimum absolute atomic E-state index is 0.0423. The molecule has 3 aliphatic rings. The summed E-state index contributed by atoms with van der Waals surface area (Å²) in [6.07, 6.45) is 4.32. The predicted molar refractivity (Wildman–Crippen MR) is 86.3 cm³/mol. The molecule has 2 aliphatic heterocycles. The lowest BCUT2D eigenvalue weighted by atomic mass is 9.99. The second-order valence-electron chi connectivity index (χ2n) is 6.57. The monoisotopic (exact) mass is 333 g/mol. The van der Waals surface area contributed by atoms with Gasteiger partial charge in [-0.3, -0.25) is 14.9 Å².